The summed E-state index contributed by atoms with van der Waals surface area (Å²) in [5.74, 6) is 0. The second kappa shape index (κ2) is 5.76. The Morgan fingerprint density at radius 3 is 2.65 bits per heavy atom. The van der Waals surface area contributed by atoms with Gasteiger partial charge >= 0.3 is 0 Å². The molecule has 0 amide bonds. The van der Waals surface area contributed by atoms with Crippen molar-refractivity contribution in [2.75, 3.05) is 11.9 Å². The molecule has 5 heteroatoms. The molecule has 2 N–H and O–H groups in total. The quantitative estimate of drug-likeness (QED) is 0.919. The summed E-state index contributed by atoms with van der Waals surface area (Å²) in [6.07, 6.45) is 3.78. The van der Waals surface area contributed by atoms with E-state index in [0.29, 0.717) is 5.56 Å². The number of aryl methyl sites for hydroxylation is 1. The third-order valence-corrected chi connectivity index (χ3v) is 3.39. The fraction of sp³-hybridized carbons (Fsp3) is 0.333. The van der Waals surface area contributed by atoms with Gasteiger partial charge in [-0.3, -0.25) is 4.68 Å². The van der Waals surface area contributed by atoms with Gasteiger partial charge in [0.05, 0.1) is 23.5 Å². The second-order valence-corrected chi connectivity index (χ2v) is 4.99. The molecule has 1 aromatic carbocycles. The van der Waals surface area contributed by atoms with Crippen molar-refractivity contribution in [1.29, 1.82) is 5.26 Å². The first-order valence-electron chi connectivity index (χ1n) is 6.50. The molecule has 20 heavy (non-hydrogen) atoms. The number of anilines is 1. The van der Waals surface area contributed by atoms with Gasteiger partial charge in [-0.05, 0) is 19.1 Å². The topological polar surface area (TPSA) is 70.9 Å². The highest BCUT2D eigenvalue weighted by atomic mass is 15.2. The van der Waals surface area contributed by atoms with E-state index in [4.69, 9.17) is 5.73 Å². The molecule has 2 aromatic rings. The Labute approximate surface area is 119 Å². The van der Waals surface area contributed by atoms with E-state index in [1.165, 1.54) is 0 Å². The van der Waals surface area contributed by atoms with Crippen molar-refractivity contribution in [3.05, 3.63) is 47.8 Å². The van der Waals surface area contributed by atoms with E-state index in [-0.39, 0.29) is 12.1 Å². The van der Waals surface area contributed by atoms with Gasteiger partial charge < -0.3 is 10.6 Å². The highest BCUT2D eigenvalue weighted by Gasteiger charge is 2.24. The first kappa shape index (κ1) is 14.1. The van der Waals surface area contributed by atoms with Crippen LogP contribution in [0.15, 0.2) is 36.7 Å². The molecule has 0 spiro atoms. The Bertz CT molecular complexity index is 623. The number of aromatic nitrogens is 2. The summed E-state index contributed by atoms with van der Waals surface area (Å²) in [5.41, 5.74) is 8.70. The monoisotopic (exact) mass is 269 g/mol. The maximum Gasteiger partial charge on any atom is 0.101 e. The molecule has 0 aliphatic rings. The number of nitrogens with zero attached hydrogens (tertiary/aromatic N) is 4. The maximum atomic E-state index is 9.24. The van der Waals surface area contributed by atoms with Crippen molar-refractivity contribution in [1.82, 2.24) is 9.78 Å². The molecule has 104 valence electrons. The Kier molecular flexibility index (Phi) is 4.06. The lowest BCUT2D eigenvalue weighted by atomic mass is 10.0. The minimum atomic E-state index is -0.0871. The van der Waals surface area contributed by atoms with Crippen LogP contribution in [0, 0.1) is 11.3 Å². The van der Waals surface area contributed by atoms with Gasteiger partial charge in [0, 0.05) is 31.9 Å². The number of hydrogen-bond donors (Lipinski definition) is 1. The summed E-state index contributed by atoms with van der Waals surface area (Å²) in [7, 11) is 3.84. The first-order valence-corrected chi connectivity index (χ1v) is 6.50. The smallest absolute Gasteiger partial charge is 0.101 e. The minimum Gasteiger partial charge on any atom is -0.365 e. The van der Waals surface area contributed by atoms with Crippen molar-refractivity contribution in [3.8, 4) is 6.07 Å². The van der Waals surface area contributed by atoms with Crippen molar-refractivity contribution >= 4 is 5.69 Å². The number of para-hydroxylation sites is 1. The van der Waals surface area contributed by atoms with Crippen LogP contribution in [-0.2, 0) is 7.05 Å². The zero-order valence-electron chi connectivity index (χ0n) is 12.0. The Hall–Kier alpha value is -2.32. The van der Waals surface area contributed by atoms with E-state index in [1.807, 2.05) is 62.6 Å². The van der Waals surface area contributed by atoms with Gasteiger partial charge in [-0.2, -0.15) is 10.4 Å². The second-order valence-electron chi connectivity index (χ2n) is 4.99. The summed E-state index contributed by atoms with van der Waals surface area (Å²) in [4.78, 5) is 2.04. The molecule has 2 rings (SSSR count). The van der Waals surface area contributed by atoms with Crippen LogP contribution in [0.3, 0.4) is 0 Å². The van der Waals surface area contributed by atoms with Gasteiger partial charge in [-0.25, -0.2) is 0 Å². The molecule has 0 aliphatic carbocycles. The number of nitriles is 1. The maximum absolute atomic E-state index is 9.24. The summed E-state index contributed by atoms with van der Waals surface area (Å²) >= 11 is 0. The van der Waals surface area contributed by atoms with Crippen molar-refractivity contribution in [3.63, 3.8) is 0 Å². The number of likely N-dealkylation sites (N-methyl/N-ethyl adjacent to an activating group) is 1. The average Bonchev–Trinajstić information content (AvgIpc) is 2.84. The predicted octanol–water partition coefficient (Wildman–Crippen LogP) is 1.82. The Balaban J connectivity index is 2.42. The molecule has 5 nitrogen and oxygen atoms in total. The van der Waals surface area contributed by atoms with E-state index in [9.17, 15) is 5.26 Å². The van der Waals surface area contributed by atoms with Gasteiger partial charge in [0.15, 0.2) is 0 Å². The molecule has 0 fully saturated rings. The summed E-state index contributed by atoms with van der Waals surface area (Å²) in [6.45, 7) is 1.96. The highest BCUT2D eigenvalue weighted by molar-refractivity contribution is 5.60. The number of nitrogens with two attached hydrogens (primary N) is 1. The van der Waals surface area contributed by atoms with Gasteiger partial charge in [0.1, 0.15) is 6.07 Å². The first-order chi connectivity index (χ1) is 9.54. The van der Waals surface area contributed by atoms with Crippen LogP contribution < -0.4 is 10.6 Å². The fourth-order valence-corrected chi connectivity index (χ4v) is 2.50. The zero-order valence-corrected chi connectivity index (χ0v) is 12.0. The zero-order chi connectivity index (χ0) is 14.7. The molecule has 0 saturated carbocycles. The van der Waals surface area contributed by atoms with Crippen LogP contribution in [-0.4, -0.2) is 22.9 Å². The SMILES string of the molecule is CC(N)C(c1cnn(C)c1)N(C)c1ccccc1C#N. The third kappa shape index (κ3) is 2.65. The molecule has 0 aliphatic heterocycles. The number of benzene rings is 1. The molecule has 0 bridgehead atoms. The number of rotatable bonds is 4. The van der Waals surface area contributed by atoms with E-state index < -0.39 is 0 Å². The van der Waals surface area contributed by atoms with Crippen LogP contribution in [0.1, 0.15) is 24.1 Å². The minimum absolute atomic E-state index is 0.0294. The normalized spacial score (nSPS) is 13.6. The van der Waals surface area contributed by atoms with E-state index >= 15 is 0 Å². The molecule has 1 aromatic heterocycles. The average molecular weight is 269 g/mol. The lowest BCUT2D eigenvalue weighted by Gasteiger charge is -2.32. The van der Waals surface area contributed by atoms with Crippen molar-refractivity contribution in [2.24, 2.45) is 12.8 Å². The molecular formula is C15H19N5. The van der Waals surface area contributed by atoms with Crippen LogP contribution >= 0.6 is 0 Å². The Morgan fingerprint density at radius 2 is 2.10 bits per heavy atom. The number of hydrogen-bond acceptors (Lipinski definition) is 4. The summed E-state index contributed by atoms with van der Waals surface area (Å²) in [5, 5.41) is 13.4. The van der Waals surface area contributed by atoms with Crippen LogP contribution in [0.5, 0.6) is 0 Å². The molecule has 1 heterocycles. The standard InChI is InChI=1S/C15H19N5/c1-11(17)15(13-9-18-19(2)10-13)20(3)14-7-5-4-6-12(14)8-16/h4-7,9-11,15H,17H2,1-3H3. The van der Waals surface area contributed by atoms with Crippen LogP contribution in [0.4, 0.5) is 5.69 Å². The summed E-state index contributed by atoms with van der Waals surface area (Å²) in [6, 6.07) is 9.64. The molecular weight excluding hydrogens is 250 g/mol. The molecule has 0 saturated heterocycles. The lowest BCUT2D eigenvalue weighted by molar-refractivity contribution is 0.558. The van der Waals surface area contributed by atoms with Crippen molar-refractivity contribution < 1.29 is 0 Å². The van der Waals surface area contributed by atoms with E-state index in [1.54, 1.807) is 4.68 Å². The van der Waals surface area contributed by atoms with Crippen molar-refractivity contribution in [2.45, 2.75) is 19.0 Å². The lowest BCUT2D eigenvalue weighted by Crippen LogP contribution is -2.37. The van der Waals surface area contributed by atoms with Crippen LogP contribution in [0.25, 0.3) is 0 Å². The third-order valence-electron chi connectivity index (χ3n) is 3.39. The van der Waals surface area contributed by atoms with E-state index in [0.717, 1.165) is 11.3 Å². The van der Waals surface area contributed by atoms with Gasteiger partial charge in [0.2, 0.25) is 0 Å². The fourth-order valence-electron chi connectivity index (χ4n) is 2.50. The Morgan fingerprint density at radius 1 is 1.40 bits per heavy atom. The summed E-state index contributed by atoms with van der Waals surface area (Å²) < 4.78 is 1.76. The van der Waals surface area contributed by atoms with Crippen LogP contribution in [0.2, 0.25) is 0 Å². The molecule has 2 unspecified atom stereocenters. The highest BCUT2D eigenvalue weighted by Crippen LogP contribution is 2.29. The largest absolute Gasteiger partial charge is 0.365 e. The van der Waals surface area contributed by atoms with Gasteiger partial charge in [0.25, 0.3) is 0 Å². The molecule has 0 radical (unpaired) electrons. The van der Waals surface area contributed by atoms with E-state index in [2.05, 4.69) is 11.2 Å². The predicted molar refractivity (Wildman–Crippen MR) is 79.2 cm³/mol. The molecule has 2 atom stereocenters. The van der Waals surface area contributed by atoms with Gasteiger partial charge in [-0.1, -0.05) is 12.1 Å². The van der Waals surface area contributed by atoms with Gasteiger partial charge in [-0.15, -0.1) is 0 Å².